The molecule has 0 aliphatic carbocycles. The van der Waals surface area contributed by atoms with Gasteiger partial charge in [0.1, 0.15) is 12.1 Å². The lowest BCUT2D eigenvalue weighted by Crippen LogP contribution is -2.31. The number of aryl methyl sites for hydroxylation is 1. The summed E-state index contributed by atoms with van der Waals surface area (Å²) < 4.78 is 0. The number of fused-ring (bicyclic) bond motifs is 1. The standard InChI is InChI=1S/C17H16ClN5/c1-11-7-16(20-10-19-11)23-6-5-15-14(9-23)17(22-21-15)12-3-2-4-13(18)8-12/h2-4,7-8,10H,5-6,9H2,1H3,(H,21,22). The molecule has 3 aromatic rings. The van der Waals surface area contributed by atoms with Gasteiger partial charge in [0.25, 0.3) is 0 Å². The number of anilines is 1. The molecule has 3 heterocycles. The van der Waals surface area contributed by atoms with Gasteiger partial charge in [-0.3, -0.25) is 5.10 Å². The lowest BCUT2D eigenvalue weighted by molar-refractivity contribution is 0.709. The Labute approximate surface area is 139 Å². The maximum absolute atomic E-state index is 6.12. The highest BCUT2D eigenvalue weighted by molar-refractivity contribution is 6.30. The van der Waals surface area contributed by atoms with E-state index in [1.807, 2.05) is 37.3 Å². The molecule has 0 amide bonds. The predicted octanol–water partition coefficient (Wildman–Crippen LogP) is 3.39. The summed E-state index contributed by atoms with van der Waals surface area (Å²) in [4.78, 5) is 10.8. The van der Waals surface area contributed by atoms with Gasteiger partial charge in [0.2, 0.25) is 0 Å². The van der Waals surface area contributed by atoms with Gasteiger partial charge >= 0.3 is 0 Å². The number of rotatable bonds is 2. The minimum absolute atomic E-state index is 0.721. The second-order valence-electron chi connectivity index (χ2n) is 5.73. The average Bonchev–Trinajstić information content (AvgIpc) is 2.98. The van der Waals surface area contributed by atoms with E-state index >= 15 is 0 Å². The number of halogens is 1. The Balaban J connectivity index is 1.70. The Kier molecular flexibility index (Phi) is 3.50. The smallest absolute Gasteiger partial charge is 0.132 e. The van der Waals surface area contributed by atoms with Crippen molar-refractivity contribution in [3.8, 4) is 11.3 Å². The highest BCUT2D eigenvalue weighted by Gasteiger charge is 2.23. The van der Waals surface area contributed by atoms with Crippen molar-refractivity contribution in [1.29, 1.82) is 0 Å². The molecular weight excluding hydrogens is 310 g/mol. The van der Waals surface area contributed by atoms with Crippen molar-refractivity contribution >= 4 is 17.4 Å². The first-order chi connectivity index (χ1) is 11.2. The zero-order valence-corrected chi connectivity index (χ0v) is 13.5. The van der Waals surface area contributed by atoms with Crippen molar-refractivity contribution < 1.29 is 0 Å². The first-order valence-electron chi connectivity index (χ1n) is 7.56. The minimum Gasteiger partial charge on any atom is -0.352 e. The van der Waals surface area contributed by atoms with Crippen LogP contribution in [0.2, 0.25) is 5.02 Å². The maximum atomic E-state index is 6.12. The van der Waals surface area contributed by atoms with E-state index in [-0.39, 0.29) is 0 Å². The normalized spacial score (nSPS) is 13.9. The molecule has 2 aromatic heterocycles. The first kappa shape index (κ1) is 14.2. The molecule has 0 fully saturated rings. The van der Waals surface area contributed by atoms with E-state index in [9.17, 15) is 0 Å². The van der Waals surface area contributed by atoms with E-state index in [1.54, 1.807) is 6.33 Å². The average molecular weight is 326 g/mol. The third-order valence-electron chi connectivity index (χ3n) is 4.14. The molecule has 0 bridgehead atoms. The topological polar surface area (TPSA) is 57.7 Å². The van der Waals surface area contributed by atoms with Gasteiger partial charge < -0.3 is 4.90 Å². The number of H-pyrrole nitrogens is 1. The third kappa shape index (κ3) is 2.68. The summed E-state index contributed by atoms with van der Waals surface area (Å²) in [5, 5.41) is 8.41. The number of aromatic nitrogens is 4. The number of benzene rings is 1. The third-order valence-corrected chi connectivity index (χ3v) is 4.38. The summed E-state index contributed by atoms with van der Waals surface area (Å²) in [6.07, 6.45) is 2.54. The van der Waals surface area contributed by atoms with Crippen molar-refractivity contribution in [2.75, 3.05) is 11.4 Å². The Hall–Kier alpha value is -2.40. The molecule has 0 saturated heterocycles. The lowest BCUT2D eigenvalue weighted by Gasteiger charge is -2.28. The van der Waals surface area contributed by atoms with Crippen LogP contribution in [0.1, 0.15) is 17.0 Å². The van der Waals surface area contributed by atoms with Crippen molar-refractivity contribution in [3.05, 3.63) is 58.6 Å². The molecule has 4 rings (SSSR count). The fraction of sp³-hybridized carbons (Fsp3) is 0.235. The van der Waals surface area contributed by atoms with Crippen molar-refractivity contribution in [1.82, 2.24) is 20.2 Å². The summed E-state index contributed by atoms with van der Waals surface area (Å²) in [7, 11) is 0. The molecule has 1 aromatic carbocycles. The number of nitrogens with zero attached hydrogens (tertiary/aromatic N) is 4. The molecule has 1 aliphatic heterocycles. The van der Waals surface area contributed by atoms with Crippen LogP contribution in [0.4, 0.5) is 5.82 Å². The maximum Gasteiger partial charge on any atom is 0.132 e. The number of aromatic amines is 1. The van der Waals surface area contributed by atoms with Gasteiger partial charge in [0.05, 0.1) is 5.69 Å². The Bertz CT molecular complexity index is 858. The van der Waals surface area contributed by atoms with Gasteiger partial charge in [-0.05, 0) is 19.1 Å². The number of nitrogens with one attached hydrogen (secondary N) is 1. The monoisotopic (exact) mass is 325 g/mol. The molecule has 23 heavy (non-hydrogen) atoms. The van der Waals surface area contributed by atoms with Crippen molar-refractivity contribution in [3.63, 3.8) is 0 Å². The van der Waals surface area contributed by atoms with Crippen molar-refractivity contribution in [2.24, 2.45) is 0 Å². The Morgan fingerprint density at radius 2 is 2.13 bits per heavy atom. The first-order valence-corrected chi connectivity index (χ1v) is 7.94. The molecule has 1 aliphatic rings. The summed E-state index contributed by atoms with van der Waals surface area (Å²) >= 11 is 6.12. The highest BCUT2D eigenvalue weighted by Crippen LogP contribution is 2.31. The van der Waals surface area contributed by atoms with Crippen molar-refractivity contribution in [2.45, 2.75) is 19.9 Å². The van der Waals surface area contributed by atoms with E-state index in [1.165, 1.54) is 11.3 Å². The van der Waals surface area contributed by atoms with E-state index < -0.39 is 0 Å². The second kappa shape index (κ2) is 5.66. The van der Waals surface area contributed by atoms with E-state index in [0.717, 1.165) is 47.3 Å². The number of hydrogen-bond donors (Lipinski definition) is 1. The summed E-state index contributed by atoms with van der Waals surface area (Å²) in [5.74, 6) is 0.960. The largest absolute Gasteiger partial charge is 0.352 e. The van der Waals surface area contributed by atoms with Gasteiger partial charge in [-0.25, -0.2) is 9.97 Å². The van der Waals surface area contributed by atoms with Gasteiger partial charge in [-0.1, -0.05) is 23.7 Å². The molecule has 1 N–H and O–H groups in total. The second-order valence-corrected chi connectivity index (χ2v) is 6.17. The van der Waals surface area contributed by atoms with Crippen LogP contribution in [0.25, 0.3) is 11.3 Å². The SMILES string of the molecule is Cc1cc(N2CCc3[nH]nc(-c4cccc(Cl)c4)c3C2)ncn1. The zero-order chi connectivity index (χ0) is 15.8. The van der Waals surface area contributed by atoms with Crippen LogP contribution in [0.15, 0.2) is 36.7 Å². The van der Waals surface area contributed by atoms with Crippen LogP contribution in [0.5, 0.6) is 0 Å². The molecule has 6 heteroatoms. The lowest BCUT2D eigenvalue weighted by atomic mass is 10.0. The molecule has 5 nitrogen and oxygen atoms in total. The zero-order valence-electron chi connectivity index (χ0n) is 12.8. The molecular formula is C17H16ClN5. The van der Waals surface area contributed by atoms with Crippen LogP contribution in [0, 0.1) is 6.92 Å². The van der Waals surface area contributed by atoms with Crippen LogP contribution in [-0.2, 0) is 13.0 Å². The quantitative estimate of drug-likeness (QED) is 0.784. The minimum atomic E-state index is 0.721. The summed E-state index contributed by atoms with van der Waals surface area (Å²) in [6.45, 7) is 3.68. The van der Waals surface area contributed by atoms with Gasteiger partial charge in [-0.2, -0.15) is 5.10 Å². The fourth-order valence-corrected chi connectivity index (χ4v) is 3.17. The van der Waals surface area contributed by atoms with E-state index in [4.69, 9.17) is 11.6 Å². The van der Waals surface area contributed by atoms with E-state index in [0.29, 0.717) is 0 Å². The van der Waals surface area contributed by atoms with Gasteiger partial charge in [-0.15, -0.1) is 0 Å². The molecule has 0 unspecified atom stereocenters. The molecule has 116 valence electrons. The molecule has 0 atom stereocenters. The summed E-state index contributed by atoms with van der Waals surface area (Å²) in [5.41, 5.74) is 5.40. The number of hydrogen-bond acceptors (Lipinski definition) is 4. The molecule has 0 saturated carbocycles. The van der Waals surface area contributed by atoms with E-state index in [2.05, 4.69) is 25.1 Å². The van der Waals surface area contributed by atoms with Gasteiger partial charge in [0.15, 0.2) is 0 Å². The predicted molar refractivity (Wildman–Crippen MR) is 90.6 cm³/mol. The van der Waals surface area contributed by atoms with Gasteiger partial charge in [0, 0.05) is 53.1 Å². The molecule has 0 spiro atoms. The van der Waals surface area contributed by atoms with Crippen LogP contribution >= 0.6 is 11.6 Å². The summed E-state index contributed by atoms with van der Waals surface area (Å²) in [6, 6.07) is 9.83. The Morgan fingerprint density at radius 1 is 1.22 bits per heavy atom. The van der Waals surface area contributed by atoms with Crippen LogP contribution in [-0.4, -0.2) is 26.7 Å². The highest BCUT2D eigenvalue weighted by atomic mass is 35.5. The van der Waals surface area contributed by atoms with Crippen LogP contribution < -0.4 is 4.90 Å². The molecule has 0 radical (unpaired) electrons. The Morgan fingerprint density at radius 3 is 2.96 bits per heavy atom. The fourth-order valence-electron chi connectivity index (χ4n) is 2.98. The van der Waals surface area contributed by atoms with Crippen LogP contribution in [0.3, 0.4) is 0 Å².